The Kier molecular flexibility index (Phi) is 2.65. The van der Waals surface area contributed by atoms with Gasteiger partial charge in [-0.25, -0.2) is 4.79 Å². The summed E-state index contributed by atoms with van der Waals surface area (Å²) in [5, 5.41) is 0. The van der Waals surface area contributed by atoms with E-state index >= 15 is 0 Å². The van der Waals surface area contributed by atoms with Crippen LogP contribution >= 0.6 is 11.5 Å². The quantitative estimate of drug-likeness (QED) is 0.707. The molecule has 0 bridgehead atoms. The van der Waals surface area contributed by atoms with Crippen LogP contribution in [0, 0.1) is 0 Å². The van der Waals surface area contributed by atoms with Crippen molar-refractivity contribution >= 4 is 23.2 Å². The maximum absolute atomic E-state index is 11.2. The van der Waals surface area contributed by atoms with E-state index in [1.54, 1.807) is 13.8 Å². The summed E-state index contributed by atoms with van der Waals surface area (Å²) in [7, 11) is 0. The molecule has 2 N–H and O–H groups in total. The maximum Gasteiger partial charge on any atom is 0.352 e. The largest absolute Gasteiger partial charge is 0.459 e. The molecule has 0 fully saturated rings. The monoisotopic (exact) mass is 186 g/mol. The van der Waals surface area contributed by atoms with Gasteiger partial charge in [0.05, 0.1) is 18.0 Å². The summed E-state index contributed by atoms with van der Waals surface area (Å²) in [5.74, 6) is -0.398. The summed E-state index contributed by atoms with van der Waals surface area (Å²) < 4.78 is 8.69. The number of nitrogens with zero attached hydrogens (tertiary/aromatic N) is 1. The molecule has 0 saturated heterocycles. The van der Waals surface area contributed by atoms with Crippen LogP contribution < -0.4 is 5.73 Å². The van der Waals surface area contributed by atoms with Gasteiger partial charge in [-0.15, -0.1) is 0 Å². The zero-order chi connectivity index (χ0) is 9.14. The number of esters is 1. The minimum Gasteiger partial charge on any atom is -0.459 e. The van der Waals surface area contributed by atoms with Gasteiger partial charge in [0.1, 0.15) is 0 Å². The molecule has 0 unspecified atom stereocenters. The molecule has 1 aromatic rings. The normalized spacial score (nSPS) is 10.2. The number of hydrogen-bond acceptors (Lipinski definition) is 5. The van der Waals surface area contributed by atoms with E-state index < -0.39 is 5.97 Å². The van der Waals surface area contributed by atoms with Gasteiger partial charge in [0.15, 0.2) is 4.88 Å². The summed E-state index contributed by atoms with van der Waals surface area (Å²) in [5.41, 5.74) is 5.84. The van der Waals surface area contributed by atoms with Crippen LogP contribution in [0.4, 0.5) is 5.69 Å². The Morgan fingerprint density at radius 1 is 1.75 bits per heavy atom. The lowest BCUT2D eigenvalue weighted by molar-refractivity contribution is 0.0385. The summed E-state index contributed by atoms with van der Waals surface area (Å²) in [6, 6.07) is 0. The van der Waals surface area contributed by atoms with Crippen LogP contribution in [-0.4, -0.2) is 16.4 Å². The highest BCUT2D eigenvalue weighted by Crippen LogP contribution is 2.16. The van der Waals surface area contributed by atoms with Crippen molar-refractivity contribution in [2.24, 2.45) is 0 Å². The minimum absolute atomic E-state index is 0.126. The molecule has 0 aliphatic heterocycles. The van der Waals surface area contributed by atoms with Crippen LogP contribution in [0.2, 0.25) is 0 Å². The van der Waals surface area contributed by atoms with Gasteiger partial charge >= 0.3 is 5.97 Å². The van der Waals surface area contributed by atoms with Crippen molar-refractivity contribution < 1.29 is 9.53 Å². The van der Waals surface area contributed by atoms with Crippen LogP contribution in [0.3, 0.4) is 0 Å². The van der Waals surface area contributed by atoms with E-state index in [-0.39, 0.29) is 6.10 Å². The van der Waals surface area contributed by atoms with Crippen molar-refractivity contribution in [1.29, 1.82) is 0 Å². The molecule has 4 nitrogen and oxygen atoms in total. The summed E-state index contributed by atoms with van der Waals surface area (Å²) in [6.07, 6.45) is 1.32. The molecule has 1 aromatic heterocycles. The lowest BCUT2D eigenvalue weighted by Gasteiger charge is -2.05. The molecule has 0 amide bonds. The molecule has 0 aliphatic carbocycles. The Balaban J connectivity index is 2.72. The fourth-order valence-corrected chi connectivity index (χ4v) is 1.22. The third-order valence-corrected chi connectivity index (χ3v) is 1.92. The number of carbonyl (C=O) groups excluding carboxylic acids is 1. The molecule has 1 rings (SSSR count). The van der Waals surface area contributed by atoms with Crippen molar-refractivity contribution in [1.82, 2.24) is 4.37 Å². The van der Waals surface area contributed by atoms with Crippen molar-refractivity contribution in [2.75, 3.05) is 5.73 Å². The van der Waals surface area contributed by atoms with E-state index in [9.17, 15) is 4.79 Å². The number of aromatic nitrogens is 1. The van der Waals surface area contributed by atoms with Gasteiger partial charge in [-0.2, -0.15) is 4.37 Å². The second-order valence-corrected chi connectivity index (χ2v) is 3.37. The van der Waals surface area contributed by atoms with E-state index in [2.05, 4.69) is 4.37 Å². The molecule has 66 valence electrons. The SMILES string of the molecule is CC(C)OC(=O)c1sncc1N. The van der Waals surface area contributed by atoms with Crippen LogP contribution in [0.25, 0.3) is 0 Å². The number of ether oxygens (including phenoxy) is 1. The third-order valence-electron chi connectivity index (χ3n) is 1.13. The molecular weight excluding hydrogens is 176 g/mol. The standard InChI is InChI=1S/C7H10N2O2S/c1-4(2)11-7(10)6-5(8)3-9-12-6/h3-4H,8H2,1-2H3. The molecule has 0 atom stereocenters. The first-order chi connectivity index (χ1) is 5.61. The zero-order valence-electron chi connectivity index (χ0n) is 6.90. The molecule has 0 aromatic carbocycles. The molecule has 0 aliphatic rings. The molecule has 0 saturated carbocycles. The van der Waals surface area contributed by atoms with Gasteiger partial charge in [-0.3, -0.25) is 0 Å². The lowest BCUT2D eigenvalue weighted by Crippen LogP contribution is -2.11. The van der Waals surface area contributed by atoms with Gasteiger partial charge in [-0.05, 0) is 25.4 Å². The Labute approximate surface area is 74.5 Å². The van der Waals surface area contributed by atoms with Crippen molar-refractivity contribution in [3.05, 3.63) is 11.1 Å². The fourth-order valence-electron chi connectivity index (χ4n) is 0.670. The van der Waals surface area contributed by atoms with Gasteiger partial charge in [0, 0.05) is 0 Å². The topological polar surface area (TPSA) is 65.2 Å². The lowest BCUT2D eigenvalue weighted by atomic mass is 10.4. The number of nitrogen functional groups attached to an aromatic ring is 1. The average molecular weight is 186 g/mol. The van der Waals surface area contributed by atoms with Crippen LogP contribution in [0.1, 0.15) is 23.5 Å². The van der Waals surface area contributed by atoms with Crippen LogP contribution in [0.5, 0.6) is 0 Å². The van der Waals surface area contributed by atoms with Crippen molar-refractivity contribution in [3.63, 3.8) is 0 Å². The number of nitrogens with two attached hydrogens (primary N) is 1. The predicted octanol–water partition coefficient (Wildman–Crippen LogP) is 1.29. The van der Waals surface area contributed by atoms with Gasteiger partial charge < -0.3 is 10.5 Å². The van der Waals surface area contributed by atoms with Crippen LogP contribution in [0.15, 0.2) is 6.20 Å². The molecule has 1 heterocycles. The van der Waals surface area contributed by atoms with Gasteiger partial charge in [0.25, 0.3) is 0 Å². The summed E-state index contributed by atoms with van der Waals surface area (Å²) in [6.45, 7) is 3.57. The molecular formula is C7H10N2O2S. The highest BCUT2D eigenvalue weighted by atomic mass is 32.1. The third kappa shape index (κ3) is 1.94. The molecule has 12 heavy (non-hydrogen) atoms. The highest BCUT2D eigenvalue weighted by molar-refractivity contribution is 7.08. The van der Waals surface area contributed by atoms with Gasteiger partial charge in [0.2, 0.25) is 0 Å². The Hall–Kier alpha value is -1.10. The van der Waals surface area contributed by atoms with E-state index in [4.69, 9.17) is 10.5 Å². The maximum atomic E-state index is 11.2. The van der Waals surface area contributed by atoms with E-state index in [1.165, 1.54) is 6.20 Å². The minimum atomic E-state index is -0.398. The first kappa shape index (κ1) is 8.99. The Morgan fingerprint density at radius 2 is 2.42 bits per heavy atom. The van der Waals surface area contributed by atoms with E-state index in [0.29, 0.717) is 10.6 Å². The summed E-state index contributed by atoms with van der Waals surface area (Å²) >= 11 is 1.05. The van der Waals surface area contributed by atoms with Gasteiger partial charge in [-0.1, -0.05) is 0 Å². The summed E-state index contributed by atoms with van der Waals surface area (Å²) in [4.78, 5) is 11.6. The highest BCUT2D eigenvalue weighted by Gasteiger charge is 2.14. The number of anilines is 1. The Bertz CT molecular complexity index is 283. The smallest absolute Gasteiger partial charge is 0.352 e. The molecule has 5 heteroatoms. The van der Waals surface area contributed by atoms with E-state index in [0.717, 1.165) is 11.5 Å². The fraction of sp³-hybridized carbons (Fsp3) is 0.429. The number of carbonyl (C=O) groups is 1. The number of hydrogen-bond donors (Lipinski definition) is 1. The first-order valence-electron chi connectivity index (χ1n) is 3.52. The second kappa shape index (κ2) is 3.53. The van der Waals surface area contributed by atoms with Crippen LogP contribution in [-0.2, 0) is 4.74 Å². The Morgan fingerprint density at radius 3 is 2.83 bits per heavy atom. The second-order valence-electron chi connectivity index (χ2n) is 2.56. The molecule has 0 spiro atoms. The first-order valence-corrected chi connectivity index (χ1v) is 4.29. The zero-order valence-corrected chi connectivity index (χ0v) is 7.72. The van der Waals surface area contributed by atoms with E-state index in [1.807, 2.05) is 0 Å². The molecule has 0 radical (unpaired) electrons. The predicted molar refractivity (Wildman–Crippen MR) is 47.1 cm³/mol. The van der Waals surface area contributed by atoms with Crippen molar-refractivity contribution in [2.45, 2.75) is 20.0 Å². The van der Waals surface area contributed by atoms with Crippen molar-refractivity contribution in [3.8, 4) is 0 Å². The average Bonchev–Trinajstić information content (AvgIpc) is 2.33. The number of rotatable bonds is 2.